The molecule has 0 spiro atoms. The zero-order chi connectivity index (χ0) is 12.5. The molecule has 2 heterocycles. The molecule has 1 aromatic heterocycles. The summed E-state index contributed by atoms with van der Waals surface area (Å²) in [7, 11) is 0. The lowest BCUT2D eigenvalue weighted by Crippen LogP contribution is -2.14. The first kappa shape index (κ1) is 11.4. The van der Waals surface area contributed by atoms with Crippen LogP contribution in [-0.4, -0.2) is 16.5 Å². The Kier molecular flexibility index (Phi) is 2.88. The van der Waals surface area contributed by atoms with E-state index in [0.29, 0.717) is 11.6 Å². The van der Waals surface area contributed by atoms with Crippen LogP contribution in [0.4, 0.5) is 4.39 Å². The molecule has 18 heavy (non-hydrogen) atoms. The number of aryl methyl sites for hydroxylation is 1. The van der Waals surface area contributed by atoms with Crippen molar-refractivity contribution in [2.45, 2.75) is 25.8 Å². The van der Waals surface area contributed by atoms with Crippen LogP contribution in [0.5, 0.6) is 0 Å². The number of hydrogen-bond acceptors (Lipinski definition) is 2. The van der Waals surface area contributed by atoms with E-state index in [9.17, 15) is 4.39 Å². The highest BCUT2D eigenvalue weighted by Crippen LogP contribution is 2.25. The minimum Gasteiger partial charge on any atom is -0.341 e. The first-order valence-corrected chi connectivity index (χ1v) is 6.29. The molecule has 1 atom stereocenters. The molecule has 1 aromatic carbocycles. The second kappa shape index (κ2) is 4.53. The van der Waals surface area contributed by atoms with E-state index in [1.807, 2.05) is 12.3 Å². The van der Waals surface area contributed by atoms with Crippen molar-refractivity contribution >= 4 is 0 Å². The molecule has 94 valence electrons. The van der Waals surface area contributed by atoms with E-state index in [1.165, 1.54) is 12.5 Å². The van der Waals surface area contributed by atoms with Crippen molar-refractivity contribution < 1.29 is 4.39 Å². The summed E-state index contributed by atoms with van der Waals surface area (Å²) in [5.74, 6) is 0.806. The van der Waals surface area contributed by atoms with Crippen molar-refractivity contribution in [3.05, 3.63) is 41.6 Å². The van der Waals surface area contributed by atoms with E-state index in [1.54, 1.807) is 13.0 Å². The Morgan fingerprint density at radius 2 is 2.28 bits per heavy atom. The first-order valence-electron chi connectivity index (χ1n) is 6.29. The summed E-state index contributed by atoms with van der Waals surface area (Å²) >= 11 is 0. The Labute approximate surface area is 105 Å². The van der Waals surface area contributed by atoms with Gasteiger partial charge < -0.3 is 10.3 Å². The molecule has 0 bridgehead atoms. The third-order valence-electron chi connectivity index (χ3n) is 3.45. The topological polar surface area (TPSA) is 40.7 Å². The fraction of sp³-hybridized carbons (Fsp3) is 0.357. The fourth-order valence-corrected chi connectivity index (χ4v) is 2.39. The average Bonchev–Trinajstić information content (AvgIpc) is 3.01. The van der Waals surface area contributed by atoms with Gasteiger partial charge in [0.1, 0.15) is 11.6 Å². The molecule has 1 aliphatic heterocycles. The third kappa shape index (κ3) is 2.04. The molecule has 0 aliphatic carbocycles. The van der Waals surface area contributed by atoms with Gasteiger partial charge in [-0.2, -0.15) is 0 Å². The van der Waals surface area contributed by atoms with Crippen LogP contribution in [0.2, 0.25) is 0 Å². The number of H-pyrrole nitrogens is 1. The highest BCUT2D eigenvalue weighted by Gasteiger charge is 2.19. The predicted octanol–water partition coefficient (Wildman–Crippen LogP) is 2.95. The van der Waals surface area contributed by atoms with Gasteiger partial charge in [-0.25, -0.2) is 9.37 Å². The van der Waals surface area contributed by atoms with E-state index in [4.69, 9.17) is 0 Å². The van der Waals surface area contributed by atoms with Gasteiger partial charge >= 0.3 is 0 Å². The van der Waals surface area contributed by atoms with Crippen LogP contribution in [0.15, 0.2) is 24.4 Å². The van der Waals surface area contributed by atoms with Crippen LogP contribution in [-0.2, 0) is 0 Å². The summed E-state index contributed by atoms with van der Waals surface area (Å²) in [5, 5.41) is 3.40. The van der Waals surface area contributed by atoms with Crippen LogP contribution in [0.1, 0.15) is 30.3 Å². The maximum absolute atomic E-state index is 13.2. The lowest BCUT2D eigenvalue weighted by molar-refractivity contribution is 0.612. The van der Waals surface area contributed by atoms with E-state index >= 15 is 0 Å². The van der Waals surface area contributed by atoms with E-state index in [0.717, 1.165) is 30.0 Å². The maximum Gasteiger partial charge on any atom is 0.126 e. The molecule has 4 heteroatoms. The third-order valence-corrected chi connectivity index (χ3v) is 3.45. The number of aromatic nitrogens is 2. The van der Waals surface area contributed by atoms with Gasteiger partial charge in [-0.15, -0.1) is 0 Å². The Morgan fingerprint density at radius 3 is 3.00 bits per heavy atom. The number of imidazole rings is 1. The predicted molar refractivity (Wildman–Crippen MR) is 68.7 cm³/mol. The van der Waals surface area contributed by atoms with Gasteiger partial charge in [-0.05, 0) is 50.1 Å². The van der Waals surface area contributed by atoms with Gasteiger partial charge in [-0.1, -0.05) is 0 Å². The molecule has 2 N–H and O–H groups in total. The van der Waals surface area contributed by atoms with Gasteiger partial charge in [0, 0.05) is 5.56 Å². The summed E-state index contributed by atoms with van der Waals surface area (Å²) in [6.07, 6.45) is 4.13. The van der Waals surface area contributed by atoms with E-state index in [-0.39, 0.29) is 5.82 Å². The summed E-state index contributed by atoms with van der Waals surface area (Å²) in [5.41, 5.74) is 2.58. The maximum atomic E-state index is 13.2. The lowest BCUT2D eigenvalue weighted by Gasteiger charge is -2.05. The second-order valence-corrected chi connectivity index (χ2v) is 4.80. The molecule has 2 aromatic rings. The van der Waals surface area contributed by atoms with Gasteiger partial charge in [0.05, 0.1) is 17.9 Å². The molecule has 1 fully saturated rings. The number of nitrogens with one attached hydrogen (secondary N) is 2. The highest BCUT2D eigenvalue weighted by atomic mass is 19.1. The van der Waals surface area contributed by atoms with Gasteiger partial charge in [-0.3, -0.25) is 0 Å². The van der Waals surface area contributed by atoms with Crippen LogP contribution in [0, 0.1) is 12.7 Å². The number of benzene rings is 1. The molecule has 3 nitrogen and oxygen atoms in total. The number of rotatable bonds is 2. The largest absolute Gasteiger partial charge is 0.341 e. The minimum absolute atomic E-state index is 0.170. The zero-order valence-electron chi connectivity index (χ0n) is 10.3. The summed E-state index contributed by atoms with van der Waals surface area (Å²) in [4.78, 5) is 7.74. The van der Waals surface area contributed by atoms with Gasteiger partial charge in [0.15, 0.2) is 0 Å². The molecule has 3 rings (SSSR count). The monoisotopic (exact) mass is 245 g/mol. The molecule has 0 saturated carbocycles. The highest BCUT2D eigenvalue weighted by molar-refractivity contribution is 5.59. The van der Waals surface area contributed by atoms with Crippen molar-refractivity contribution in [1.82, 2.24) is 15.3 Å². The van der Waals surface area contributed by atoms with Crippen molar-refractivity contribution in [2.75, 3.05) is 6.54 Å². The molecular weight excluding hydrogens is 229 g/mol. The lowest BCUT2D eigenvalue weighted by atomic mass is 10.1. The molecule has 1 aliphatic rings. The van der Waals surface area contributed by atoms with Crippen molar-refractivity contribution in [3.8, 4) is 11.3 Å². The number of halogens is 1. The summed E-state index contributed by atoms with van der Waals surface area (Å²) in [6, 6.07) is 5.45. The Hall–Kier alpha value is -1.68. The van der Waals surface area contributed by atoms with Gasteiger partial charge in [0.2, 0.25) is 0 Å². The van der Waals surface area contributed by atoms with Crippen LogP contribution < -0.4 is 5.32 Å². The Morgan fingerprint density at radius 1 is 1.39 bits per heavy atom. The fourth-order valence-electron chi connectivity index (χ4n) is 2.39. The normalized spacial score (nSPS) is 19.3. The molecule has 1 unspecified atom stereocenters. The SMILES string of the molecule is Cc1cc(-c2cnc(C3CCCN3)[nH]2)ccc1F. The smallest absolute Gasteiger partial charge is 0.126 e. The number of nitrogens with zero attached hydrogens (tertiary/aromatic N) is 1. The molecular formula is C14H16FN3. The van der Waals surface area contributed by atoms with Crippen LogP contribution >= 0.6 is 0 Å². The summed E-state index contributed by atoms with van der Waals surface area (Å²) < 4.78 is 13.2. The van der Waals surface area contributed by atoms with E-state index < -0.39 is 0 Å². The number of hydrogen-bond donors (Lipinski definition) is 2. The van der Waals surface area contributed by atoms with E-state index in [2.05, 4.69) is 15.3 Å². The van der Waals surface area contributed by atoms with Crippen LogP contribution in [0.3, 0.4) is 0 Å². The first-order chi connectivity index (χ1) is 8.74. The average molecular weight is 245 g/mol. The standard InChI is InChI=1S/C14H16FN3/c1-9-7-10(4-5-11(9)15)13-8-17-14(18-13)12-3-2-6-16-12/h4-5,7-8,12,16H,2-3,6H2,1H3,(H,17,18). The zero-order valence-corrected chi connectivity index (χ0v) is 10.3. The quantitative estimate of drug-likeness (QED) is 0.854. The van der Waals surface area contributed by atoms with Crippen molar-refractivity contribution in [3.63, 3.8) is 0 Å². The second-order valence-electron chi connectivity index (χ2n) is 4.80. The summed E-state index contributed by atoms with van der Waals surface area (Å²) in [6.45, 7) is 2.82. The molecule has 0 radical (unpaired) electrons. The molecule has 1 saturated heterocycles. The van der Waals surface area contributed by atoms with Crippen LogP contribution in [0.25, 0.3) is 11.3 Å². The molecule has 0 amide bonds. The van der Waals surface area contributed by atoms with Crippen molar-refractivity contribution in [1.29, 1.82) is 0 Å². The Bertz CT molecular complexity index is 556. The Balaban J connectivity index is 1.89. The minimum atomic E-state index is -0.170. The van der Waals surface area contributed by atoms with Gasteiger partial charge in [0.25, 0.3) is 0 Å². The number of aromatic amines is 1. The van der Waals surface area contributed by atoms with Crippen molar-refractivity contribution in [2.24, 2.45) is 0 Å².